The van der Waals surface area contributed by atoms with Crippen LogP contribution in [0, 0.1) is 0 Å². The molecule has 0 unspecified atom stereocenters. The number of rotatable bonds is 3. The van der Waals surface area contributed by atoms with E-state index in [2.05, 4.69) is 89.6 Å². The first-order valence-electron chi connectivity index (χ1n) is 11.1. The molecular weight excluding hydrogens is 364 g/mol. The van der Waals surface area contributed by atoms with Crippen molar-refractivity contribution in [1.82, 2.24) is 9.88 Å². The molecule has 0 N–H and O–H groups in total. The van der Waals surface area contributed by atoms with Crippen LogP contribution in [0.15, 0.2) is 72.4 Å². The molecule has 0 spiro atoms. The van der Waals surface area contributed by atoms with Gasteiger partial charge in [-0.3, -0.25) is 9.88 Å². The molecule has 2 nitrogen and oxygen atoms in total. The van der Waals surface area contributed by atoms with E-state index >= 15 is 0 Å². The van der Waals surface area contributed by atoms with Crippen molar-refractivity contribution in [2.45, 2.75) is 32.7 Å². The molecule has 1 aliphatic heterocycles. The molecule has 2 aromatic carbocycles. The number of aromatic nitrogens is 1. The van der Waals surface area contributed by atoms with Crippen LogP contribution in [0.25, 0.3) is 17.7 Å². The van der Waals surface area contributed by atoms with Gasteiger partial charge in [-0.2, -0.15) is 0 Å². The van der Waals surface area contributed by atoms with Gasteiger partial charge >= 0.3 is 0 Å². The van der Waals surface area contributed by atoms with Gasteiger partial charge in [-0.1, -0.05) is 73.2 Å². The zero-order valence-electron chi connectivity index (χ0n) is 17.6. The SMILES string of the molecule is CCc1ccnc(CN2CCC(=C3c4ccccc4C=Cc4ccccc43)CC2)c1. The minimum Gasteiger partial charge on any atom is -0.297 e. The van der Waals surface area contributed by atoms with Crippen molar-refractivity contribution in [2.75, 3.05) is 13.1 Å². The Labute approximate surface area is 179 Å². The number of hydrogen-bond acceptors (Lipinski definition) is 2. The van der Waals surface area contributed by atoms with E-state index in [1.807, 2.05) is 6.20 Å². The molecule has 2 heterocycles. The summed E-state index contributed by atoms with van der Waals surface area (Å²) in [5, 5.41) is 0. The highest BCUT2D eigenvalue weighted by Gasteiger charge is 2.22. The number of likely N-dealkylation sites (tertiary alicyclic amines) is 1. The zero-order valence-corrected chi connectivity index (χ0v) is 17.6. The maximum atomic E-state index is 4.60. The van der Waals surface area contributed by atoms with Crippen LogP contribution < -0.4 is 0 Å². The molecule has 150 valence electrons. The van der Waals surface area contributed by atoms with Crippen LogP contribution in [0.3, 0.4) is 0 Å². The molecule has 3 aromatic rings. The third-order valence-corrected chi connectivity index (χ3v) is 6.39. The van der Waals surface area contributed by atoms with E-state index in [1.54, 1.807) is 5.57 Å². The molecular formula is C28H28N2. The highest BCUT2D eigenvalue weighted by molar-refractivity contribution is 5.94. The van der Waals surface area contributed by atoms with Crippen molar-refractivity contribution in [3.05, 3.63) is 106 Å². The molecule has 0 bridgehead atoms. The van der Waals surface area contributed by atoms with Crippen molar-refractivity contribution in [3.63, 3.8) is 0 Å². The minimum atomic E-state index is 0.950. The first kappa shape index (κ1) is 19.0. The molecule has 5 rings (SSSR count). The molecule has 1 aromatic heterocycles. The Bertz CT molecular complexity index is 1060. The van der Waals surface area contributed by atoms with Gasteiger partial charge in [0.15, 0.2) is 0 Å². The number of nitrogens with zero attached hydrogens (tertiary/aromatic N) is 2. The summed E-state index contributed by atoms with van der Waals surface area (Å²) in [6, 6.07) is 22.1. The van der Waals surface area contributed by atoms with Gasteiger partial charge in [0.1, 0.15) is 0 Å². The second-order valence-corrected chi connectivity index (χ2v) is 8.27. The van der Waals surface area contributed by atoms with Crippen LogP contribution in [-0.2, 0) is 13.0 Å². The lowest BCUT2D eigenvalue weighted by molar-refractivity contribution is 0.246. The first-order chi connectivity index (χ1) is 14.8. The topological polar surface area (TPSA) is 16.1 Å². The smallest absolute Gasteiger partial charge is 0.0546 e. The lowest BCUT2D eigenvalue weighted by Crippen LogP contribution is -2.31. The summed E-state index contributed by atoms with van der Waals surface area (Å²) in [5.74, 6) is 0. The van der Waals surface area contributed by atoms with Crippen LogP contribution in [0.2, 0.25) is 0 Å². The third-order valence-electron chi connectivity index (χ3n) is 6.39. The van der Waals surface area contributed by atoms with E-state index in [9.17, 15) is 0 Å². The molecule has 0 amide bonds. The maximum absolute atomic E-state index is 4.60. The fourth-order valence-corrected chi connectivity index (χ4v) is 4.74. The van der Waals surface area contributed by atoms with Gasteiger partial charge in [0, 0.05) is 25.8 Å². The number of hydrogen-bond donors (Lipinski definition) is 0. The summed E-state index contributed by atoms with van der Waals surface area (Å²) >= 11 is 0. The van der Waals surface area contributed by atoms with Gasteiger partial charge in [0.05, 0.1) is 5.69 Å². The van der Waals surface area contributed by atoms with Crippen molar-refractivity contribution in [1.29, 1.82) is 0 Å². The Morgan fingerprint density at radius 2 is 1.47 bits per heavy atom. The van der Waals surface area contributed by atoms with Gasteiger partial charge in [-0.05, 0) is 64.8 Å². The number of aryl methyl sites for hydroxylation is 1. The Morgan fingerprint density at radius 1 is 0.833 bits per heavy atom. The molecule has 0 saturated carbocycles. The normalized spacial score (nSPS) is 16.2. The van der Waals surface area contributed by atoms with Crippen molar-refractivity contribution < 1.29 is 0 Å². The second kappa shape index (κ2) is 8.41. The predicted molar refractivity (Wildman–Crippen MR) is 126 cm³/mol. The maximum Gasteiger partial charge on any atom is 0.0546 e. The van der Waals surface area contributed by atoms with Gasteiger partial charge in [0.25, 0.3) is 0 Å². The lowest BCUT2D eigenvalue weighted by Gasteiger charge is -2.30. The Morgan fingerprint density at radius 3 is 2.10 bits per heavy atom. The molecule has 0 radical (unpaired) electrons. The van der Waals surface area contributed by atoms with E-state index in [1.165, 1.54) is 39.1 Å². The molecule has 2 heteroatoms. The highest BCUT2D eigenvalue weighted by atomic mass is 15.1. The molecule has 0 atom stereocenters. The van der Waals surface area contributed by atoms with Crippen LogP contribution in [0.1, 0.15) is 53.3 Å². The van der Waals surface area contributed by atoms with E-state index in [0.717, 1.165) is 38.9 Å². The fraction of sp³-hybridized carbons (Fsp3) is 0.250. The Hall–Kier alpha value is -2.97. The van der Waals surface area contributed by atoms with E-state index < -0.39 is 0 Å². The summed E-state index contributed by atoms with van der Waals surface area (Å²) in [6.45, 7) is 5.34. The van der Waals surface area contributed by atoms with Crippen molar-refractivity contribution in [3.8, 4) is 0 Å². The third kappa shape index (κ3) is 3.76. The largest absolute Gasteiger partial charge is 0.297 e. The van der Waals surface area contributed by atoms with Crippen LogP contribution in [-0.4, -0.2) is 23.0 Å². The molecule has 2 aliphatic rings. The number of benzene rings is 2. The average Bonchev–Trinajstić information content (AvgIpc) is 2.97. The number of fused-ring (bicyclic) bond motifs is 2. The lowest BCUT2D eigenvalue weighted by atomic mass is 9.86. The number of piperidine rings is 1. The van der Waals surface area contributed by atoms with Gasteiger partial charge < -0.3 is 0 Å². The minimum absolute atomic E-state index is 0.950. The van der Waals surface area contributed by atoms with Gasteiger partial charge in [0.2, 0.25) is 0 Å². The first-order valence-corrected chi connectivity index (χ1v) is 11.1. The zero-order chi connectivity index (χ0) is 20.3. The van der Waals surface area contributed by atoms with E-state index in [-0.39, 0.29) is 0 Å². The second-order valence-electron chi connectivity index (χ2n) is 8.27. The molecule has 1 aliphatic carbocycles. The standard InChI is InChI=1S/C28H28N2/c1-2-21-13-16-29-25(19-21)20-30-17-14-24(15-18-30)28-26-9-5-3-7-22(26)11-12-23-8-4-6-10-27(23)28/h3-13,16,19H,2,14-15,17-18,20H2,1H3. The van der Waals surface area contributed by atoms with Crippen LogP contribution in [0.5, 0.6) is 0 Å². The summed E-state index contributed by atoms with van der Waals surface area (Å²) < 4.78 is 0. The quantitative estimate of drug-likeness (QED) is 0.411. The van der Waals surface area contributed by atoms with Crippen LogP contribution in [0.4, 0.5) is 0 Å². The van der Waals surface area contributed by atoms with E-state index in [0.29, 0.717) is 0 Å². The summed E-state index contributed by atoms with van der Waals surface area (Å²) in [5.41, 5.74) is 11.0. The van der Waals surface area contributed by atoms with E-state index in [4.69, 9.17) is 0 Å². The predicted octanol–water partition coefficient (Wildman–Crippen LogP) is 6.23. The van der Waals surface area contributed by atoms with Crippen molar-refractivity contribution in [2.24, 2.45) is 0 Å². The molecule has 1 fully saturated rings. The monoisotopic (exact) mass is 392 g/mol. The summed E-state index contributed by atoms with van der Waals surface area (Å²) in [6.07, 6.45) is 9.79. The Kier molecular flexibility index (Phi) is 5.33. The number of pyridine rings is 1. The highest BCUT2D eigenvalue weighted by Crippen LogP contribution is 2.38. The summed E-state index contributed by atoms with van der Waals surface area (Å²) in [7, 11) is 0. The average molecular weight is 393 g/mol. The van der Waals surface area contributed by atoms with Crippen LogP contribution >= 0.6 is 0 Å². The van der Waals surface area contributed by atoms with Gasteiger partial charge in [-0.25, -0.2) is 0 Å². The van der Waals surface area contributed by atoms with Gasteiger partial charge in [-0.15, -0.1) is 0 Å². The Balaban J connectivity index is 1.44. The van der Waals surface area contributed by atoms with Crippen molar-refractivity contribution >= 4 is 17.7 Å². The summed E-state index contributed by atoms with van der Waals surface area (Å²) in [4.78, 5) is 7.15. The fourth-order valence-electron chi connectivity index (χ4n) is 4.74. The molecule has 30 heavy (non-hydrogen) atoms. The molecule has 1 saturated heterocycles.